The highest BCUT2D eigenvalue weighted by atomic mass is 16.4. The summed E-state index contributed by atoms with van der Waals surface area (Å²) in [6.07, 6.45) is 0. The van der Waals surface area contributed by atoms with E-state index in [2.05, 4.69) is 5.32 Å². The summed E-state index contributed by atoms with van der Waals surface area (Å²) in [5, 5.41) is 2.51. The van der Waals surface area contributed by atoms with Gasteiger partial charge in [-0.3, -0.25) is 19.7 Å². The number of amides is 2. The van der Waals surface area contributed by atoms with E-state index >= 15 is 0 Å². The molecule has 0 saturated carbocycles. The topological polar surface area (TPSA) is 102 Å². The molecule has 0 bridgehead atoms. The number of nitrogens with two attached hydrogens (primary N) is 1. The maximum atomic E-state index is 12.3. The van der Waals surface area contributed by atoms with Crippen LogP contribution >= 0.6 is 0 Å². The van der Waals surface area contributed by atoms with E-state index in [1.165, 1.54) is 13.8 Å². The Morgan fingerprint density at radius 1 is 1.09 bits per heavy atom. The van der Waals surface area contributed by atoms with Crippen molar-refractivity contribution in [3.8, 4) is 0 Å². The van der Waals surface area contributed by atoms with Crippen molar-refractivity contribution in [2.45, 2.75) is 20.8 Å². The Bertz CT molecular complexity index is 774. The van der Waals surface area contributed by atoms with Crippen LogP contribution in [0.1, 0.15) is 49.3 Å². The molecule has 0 aliphatic rings. The third-order valence-electron chi connectivity index (χ3n) is 3.30. The molecule has 0 aliphatic carbocycles. The summed E-state index contributed by atoms with van der Waals surface area (Å²) in [6.45, 7) is 4.63. The summed E-state index contributed by atoms with van der Waals surface area (Å²) < 4.78 is 5.35. The molecule has 3 N–H and O–H groups in total. The molecular formula is C16H16N2O4. The van der Waals surface area contributed by atoms with E-state index in [0.717, 1.165) is 5.56 Å². The number of ketones is 1. The van der Waals surface area contributed by atoms with Crippen LogP contribution in [0.2, 0.25) is 0 Å². The van der Waals surface area contributed by atoms with Gasteiger partial charge in [0, 0.05) is 5.56 Å². The van der Waals surface area contributed by atoms with Crippen LogP contribution in [-0.2, 0) is 0 Å². The van der Waals surface area contributed by atoms with E-state index in [-0.39, 0.29) is 28.6 Å². The minimum atomic E-state index is -0.831. The van der Waals surface area contributed by atoms with Crippen molar-refractivity contribution in [1.29, 1.82) is 0 Å². The fourth-order valence-corrected chi connectivity index (χ4v) is 2.29. The molecule has 114 valence electrons. The van der Waals surface area contributed by atoms with Gasteiger partial charge in [0.25, 0.3) is 11.8 Å². The van der Waals surface area contributed by atoms with E-state index in [9.17, 15) is 14.4 Å². The molecule has 0 unspecified atom stereocenters. The number of carbonyl (C=O) groups is 3. The molecule has 0 spiro atoms. The van der Waals surface area contributed by atoms with E-state index in [4.69, 9.17) is 10.2 Å². The number of hydrogen-bond donors (Lipinski definition) is 2. The monoisotopic (exact) mass is 300 g/mol. The van der Waals surface area contributed by atoms with Gasteiger partial charge in [-0.25, -0.2) is 0 Å². The van der Waals surface area contributed by atoms with Crippen LogP contribution in [0.4, 0.5) is 5.88 Å². The van der Waals surface area contributed by atoms with Gasteiger partial charge in [0.05, 0.1) is 5.56 Å². The summed E-state index contributed by atoms with van der Waals surface area (Å²) in [4.78, 5) is 35.5. The Balaban J connectivity index is 2.44. The lowest BCUT2D eigenvalue weighted by molar-refractivity contribution is 0.0974. The number of Topliss-reactive ketones (excluding diaryl/α,β-unsaturated/α-hetero) is 1. The second-order valence-corrected chi connectivity index (χ2v) is 4.93. The molecule has 1 aromatic carbocycles. The number of anilines is 1. The fraction of sp³-hybridized carbons (Fsp3) is 0.188. The van der Waals surface area contributed by atoms with Crippen molar-refractivity contribution in [1.82, 2.24) is 0 Å². The third-order valence-corrected chi connectivity index (χ3v) is 3.30. The lowest BCUT2D eigenvalue weighted by atomic mass is 10.1. The van der Waals surface area contributed by atoms with Crippen LogP contribution in [-0.4, -0.2) is 17.6 Å². The number of benzene rings is 1. The summed E-state index contributed by atoms with van der Waals surface area (Å²) in [5.41, 5.74) is 6.51. The number of primary amides is 1. The summed E-state index contributed by atoms with van der Waals surface area (Å²) in [5.74, 6) is -1.50. The van der Waals surface area contributed by atoms with Crippen molar-refractivity contribution in [3.63, 3.8) is 0 Å². The van der Waals surface area contributed by atoms with Gasteiger partial charge in [-0.05, 0) is 32.4 Å². The van der Waals surface area contributed by atoms with Gasteiger partial charge in [-0.2, -0.15) is 0 Å². The van der Waals surface area contributed by atoms with Gasteiger partial charge in [0.2, 0.25) is 5.88 Å². The van der Waals surface area contributed by atoms with Crippen LogP contribution in [0.3, 0.4) is 0 Å². The molecule has 6 nitrogen and oxygen atoms in total. The van der Waals surface area contributed by atoms with Crippen LogP contribution in [0.5, 0.6) is 0 Å². The third kappa shape index (κ3) is 2.76. The predicted octanol–water partition coefficient (Wildman–Crippen LogP) is 2.45. The molecule has 6 heteroatoms. The Morgan fingerprint density at radius 3 is 2.27 bits per heavy atom. The first-order valence-corrected chi connectivity index (χ1v) is 6.64. The normalized spacial score (nSPS) is 10.3. The van der Waals surface area contributed by atoms with Gasteiger partial charge in [-0.15, -0.1) is 0 Å². The SMILES string of the molecule is CC(=O)c1c(C)oc(NC(=O)c2ccccc2C)c1C(N)=O. The Labute approximate surface area is 127 Å². The minimum Gasteiger partial charge on any atom is -0.444 e. The average molecular weight is 300 g/mol. The summed E-state index contributed by atoms with van der Waals surface area (Å²) >= 11 is 0. The van der Waals surface area contributed by atoms with Crippen LogP contribution in [0.15, 0.2) is 28.7 Å². The molecular weight excluding hydrogens is 284 g/mol. The Kier molecular flexibility index (Phi) is 4.12. The van der Waals surface area contributed by atoms with Gasteiger partial charge in [-0.1, -0.05) is 18.2 Å². The van der Waals surface area contributed by atoms with Crippen molar-refractivity contribution < 1.29 is 18.8 Å². The standard InChI is InChI=1S/C16H16N2O4/c1-8-6-4-5-7-11(8)15(21)18-16-13(14(17)20)12(9(2)19)10(3)22-16/h4-7H,1-3H3,(H2,17,20)(H,18,21). The summed E-state index contributed by atoms with van der Waals surface area (Å²) in [7, 11) is 0. The molecule has 1 aromatic heterocycles. The first-order valence-electron chi connectivity index (χ1n) is 6.64. The van der Waals surface area contributed by atoms with Gasteiger partial charge in [0.1, 0.15) is 11.3 Å². The van der Waals surface area contributed by atoms with Crippen LogP contribution < -0.4 is 11.1 Å². The summed E-state index contributed by atoms with van der Waals surface area (Å²) in [6, 6.07) is 6.98. The molecule has 2 amide bonds. The number of carbonyl (C=O) groups excluding carboxylic acids is 3. The van der Waals surface area contributed by atoms with E-state index < -0.39 is 11.8 Å². The zero-order valence-corrected chi connectivity index (χ0v) is 12.5. The Morgan fingerprint density at radius 2 is 1.73 bits per heavy atom. The molecule has 0 aliphatic heterocycles. The highest BCUT2D eigenvalue weighted by Crippen LogP contribution is 2.27. The molecule has 0 radical (unpaired) electrons. The molecule has 2 aromatic rings. The molecule has 0 fully saturated rings. The van der Waals surface area contributed by atoms with Crippen molar-refractivity contribution in [2.75, 3.05) is 5.32 Å². The number of hydrogen-bond acceptors (Lipinski definition) is 4. The zero-order valence-electron chi connectivity index (χ0n) is 12.5. The van der Waals surface area contributed by atoms with E-state index in [1.807, 2.05) is 6.07 Å². The Hall–Kier alpha value is -2.89. The van der Waals surface area contributed by atoms with Crippen LogP contribution in [0, 0.1) is 13.8 Å². The average Bonchev–Trinajstić information content (AvgIpc) is 2.75. The molecule has 0 saturated heterocycles. The smallest absolute Gasteiger partial charge is 0.258 e. The van der Waals surface area contributed by atoms with Gasteiger partial charge in [0.15, 0.2) is 5.78 Å². The lowest BCUT2D eigenvalue weighted by Crippen LogP contribution is -2.19. The predicted molar refractivity (Wildman–Crippen MR) is 81.1 cm³/mol. The largest absolute Gasteiger partial charge is 0.444 e. The first-order chi connectivity index (χ1) is 10.3. The number of aryl methyl sites for hydroxylation is 2. The van der Waals surface area contributed by atoms with Crippen LogP contribution in [0.25, 0.3) is 0 Å². The minimum absolute atomic E-state index is 0.0904. The number of rotatable bonds is 4. The number of nitrogens with one attached hydrogen (secondary N) is 1. The lowest BCUT2D eigenvalue weighted by Gasteiger charge is -2.06. The fourth-order valence-electron chi connectivity index (χ4n) is 2.29. The maximum Gasteiger partial charge on any atom is 0.258 e. The zero-order chi connectivity index (χ0) is 16.4. The number of furan rings is 1. The first kappa shape index (κ1) is 15.5. The van der Waals surface area contributed by atoms with Crippen molar-refractivity contribution >= 4 is 23.5 Å². The second kappa shape index (κ2) is 5.85. The molecule has 1 heterocycles. The van der Waals surface area contributed by atoms with E-state index in [0.29, 0.717) is 5.56 Å². The van der Waals surface area contributed by atoms with Gasteiger partial charge < -0.3 is 10.2 Å². The van der Waals surface area contributed by atoms with Crippen molar-refractivity contribution in [3.05, 3.63) is 52.3 Å². The quantitative estimate of drug-likeness (QED) is 0.846. The maximum absolute atomic E-state index is 12.3. The molecule has 22 heavy (non-hydrogen) atoms. The highest BCUT2D eigenvalue weighted by Gasteiger charge is 2.26. The van der Waals surface area contributed by atoms with Crippen molar-refractivity contribution in [2.24, 2.45) is 5.73 Å². The second-order valence-electron chi connectivity index (χ2n) is 4.93. The van der Waals surface area contributed by atoms with E-state index in [1.54, 1.807) is 25.1 Å². The molecule has 0 atom stereocenters. The molecule has 2 rings (SSSR count). The van der Waals surface area contributed by atoms with Gasteiger partial charge >= 0.3 is 0 Å². The highest BCUT2D eigenvalue weighted by molar-refractivity contribution is 6.13.